The lowest BCUT2D eigenvalue weighted by atomic mass is 10.2. The molecule has 1 unspecified atom stereocenters. The molecular weight excluding hydrogens is 304 g/mol. The highest BCUT2D eigenvalue weighted by molar-refractivity contribution is 7.98. The van der Waals surface area contributed by atoms with E-state index in [1.54, 1.807) is 18.2 Å². The maximum Gasteiger partial charge on any atom is 0.387 e. The molecule has 116 valence electrons. The standard InChI is InChI=1S/C13H15F2NO4S/c14-13(15)20-11-4-2-1-3-9(11)7-21-6-5-10(12(18)19)16-8-17/h1-4,8,10,13H,5-7H2,(H,16,17)(H,18,19). The normalized spacial score (nSPS) is 12.0. The van der Waals surface area contributed by atoms with Crippen molar-refractivity contribution in [2.45, 2.75) is 24.8 Å². The summed E-state index contributed by atoms with van der Waals surface area (Å²) in [5.41, 5.74) is 0.609. The predicted octanol–water partition coefficient (Wildman–Crippen LogP) is 2.11. The summed E-state index contributed by atoms with van der Waals surface area (Å²) in [6, 6.07) is 5.49. The van der Waals surface area contributed by atoms with Crippen LogP contribution in [0.25, 0.3) is 0 Å². The maximum atomic E-state index is 12.2. The minimum Gasteiger partial charge on any atom is -0.480 e. The SMILES string of the molecule is O=CNC(CCSCc1ccccc1OC(F)F)C(=O)O. The summed E-state index contributed by atoms with van der Waals surface area (Å²) >= 11 is 1.38. The molecule has 0 spiro atoms. The first-order valence-corrected chi connectivity index (χ1v) is 7.23. The third-order valence-corrected chi connectivity index (χ3v) is 3.60. The van der Waals surface area contributed by atoms with E-state index in [9.17, 15) is 18.4 Å². The van der Waals surface area contributed by atoms with Crippen molar-refractivity contribution in [3.05, 3.63) is 29.8 Å². The van der Waals surface area contributed by atoms with Crippen molar-refractivity contribution in [3.63, 3.8) is 0 Å². The molecule has 0 fully saturated rings. The third-order valence-electron chi connectivity index (χ3n) is 2.56. The molecule has 1 amide bonds. The molecule has 2 N–H and O–H groups in total. The summed E-state index contributed by atoms with van der Waals surface area (Å²) in [7, 11) is 0. The average Bonchev–Trinajstić information content (AvgIpc) is 2.43. The second kappa shape index (κ2) is 9.17. The average molecular weight is 319 g/mol. The second-order valence-corrected chi connectivity index (χ2v) is 5.11. The van der Waals surface area contributed by atoms with E-state index in [-0.39, 0.29) is 12.2 Å². The van der Waals surface area contributed by atoms with E-state index in [0.29, 0.717) is 23.5 Å². The molecule has 21 heavy (non-hydrogen) atoms. The number of carbonyl (C=O) groups excluding carboxylic acids is 1. The number of para-hydroxylation sites is 1. The van der Waals surface area contributed by atoms with Gasteiger partial charge in [0.05, 0.1) is 0 Å². The molecule has 0 aromatic heterocycles. The van der Waals surface area contributed by atoms with Gasteiger partial charge >= 0.3 is 12.6 Å². The topological polar surface area (TPSA) is 75.6 Å². The Hall–Kier alpha value is -1.83. The van der Waals surface area contributed by atoms with Gasteiger partial charge in [-0.25, -0.2) is 4.79 Å². The molecule has 0 aliphatic rings. The second-order valence-electron chi connectivity index (χ2n) is 4.00. The molecule has 1 atom stereocenters. The summed E-state index contributed by atoms with van der Waals surface area (Å²) < 4.78 is 28.9. The number of thioether (sulfide) groups is 1. The van der Waals surface area contributed by atoms with Gasteiger partial charge in [0.25, 0.3) is 0 Å². The van der Waals surface area contributed by atoms with E-state index in [1.165, 1.54) is 17.8 Å². The Labute approximate surface area is 124 Å². The Morgan fingerprint density at radius 3 is 2.76 bits per heavy atom. The van der Waals surface area contributed by atoms with Gasteiger partial charge in [-0.05, 0) is 18.2 Å². The van der Waals surface area contributed by atoms with Gasteiger partial charge in [-0.1, -0.05) is 18.2 Å². The van der Waals surface area contributed by atoms with Crippen LogP contribution in [0.1, 0.15) is 12.0 Å². The number of carboxylic acids is 1. The lowest BCUT2D eigenvalue weighted by Gasteiger charge is -2.12. The number of halogens is 2. The molecule has 1 aromatic rings. The predicted molar refractivity (Wildman–Crippen MR) is 74.5 cm³/mol. The number of ether oxygens (including phenoxy) is 1. The molecular formula is C13H15F2NO4S. The Balaban J connectivity index is 2.45. The lowest BCUT2D eigenvalue weighted by Crippen LogP contribution is -2.36. The quantitative estimate of drug-likeness (QED) is 0.510. The number of alkyl halides is 2. The number of benzene rings is 1. The molecule has 0 saturated carbocycles. The summed E-state index contributed by atoms with van der Waals surface area (Å²) in [6.45, 7) is -2.88. The van der Waals surface area contributed by atoms with Crippen LogP contribution in [-0.4, -0.2) is 35.9 Å². The first-order valence-electron chi connectivity index (χ1n) is 6.07. The molecule has 0 aliphatic carbocycles. The summed E-state index contributed by atoms with van der Waals surface area (Å²) in [6.07, 6.45) is 0.589. The zero-order valence-electron chi connectivity index (χ0n) is 11.0. The Morgan fingerprint density at radius 1 is 1.43 bits per heavy atom. The van der Waals surface area contributed by atoms with E-state index >= 15 is 0 Å². The molecule has 0 saturated heterocycles. The van der Waals surface area contributed by atoms with Crippen molar-refractivity contribution in [2.24, 2.45) is 0 Å². The Kier molecular flexibility index (Phi) is 7.52. The zero-order valence-corrected chi connectivity index (χ0v) is 11.8. The highest BCUT2D eigenvalue weighted by Crippen LogP contribution is 2.25. The number of nitrogens with one attached hydrogen (secondary N) is 1. The number of carboxylic acid groups (broad SMARTS) is 1. The van der Waals surface area contributed by atoms with Gasteiger partial charge in [-0.3, -0.25) is 4.79 Å². The van der Waals surface area contributed by atoms with Gasteiger partial charge in [0, 0.05) is 11.3 Å². The van der Waals surface area contributed by atoms with Crippen molar-refractivity contribution in [1.29, 1.82) is 0 Å². The van der Waals surface area contributed by atoms with Crippen LogP contribution in [0.3, 0.4) is 0 Å². The fraction of sp³-hybridized carbons (Fsp3) is 0.385. The first-order chi connectivity index (χ1) is 10.0. The van der Waals surface area contributed by atoms with E-state index in [2.05, 4.69) is 10.1 Å². The molecule has 1 rings (SSSR count). The van der Waals surface area contributed by atoms with Crippen LogP contribution in [0.2, 0.25) is 0 Å². The fourth-order valence-electron chi connectivity index (χ4n) is 1.58. The summed E-state index contributed by atoms with van der Waals surface area (Å²) in [5, 5.41) is 11.0. The van der Waals surface area contributed by atoms with Crippen molar-refractivity contribution in [1.82, 2.24) is 5.32 Å². The van der Waals surface area contributed by atoms with Crippen LogP contribution < -0.4 is 10.1 Å². The minimum atomic E-state index is -2.88. The molecule has 0 aliphatic heterocycles. The lowest BCUT2D eigenvalue weighted by molar-refractivity contribution is -0.140. The minimum absolute atomic E-state index is 0.112. The summed E-state index contributed by atoms with van der Waals surface area (Å²) in [4.78, 5) is 21.0. The highest BCUT2D eigenvalue weighted by atomic mass is 32.2. The number of hydrogen-bond donors (Lipinski definition) is 2. The molecule has 0 bridgehead atoms. The monoisotopic (exact) mass is 319 g/mol. The fourth-order valence-corrected chi connectivity index (χ4v) is 2.58. The van der Waals surface area contributed by atoms with E-state index in [1.807, 2.05) is 0 Å². The van der Waals surface area contributed by atoms with Gasteiger partial charge in [0.15, 0.2) is 0 Å². The summed E-state index contributed by atoms with van der Waals surface area (Å²) in [5.74, 6) is -0.123. The van der Waals surface area contributed by atoms with Crippen LogP contribution in [0.5, 0.6) is 5.75 Å². The Bertz CT molecular complexity index is 473. The van der Waals surface area contributed by atoms with E-state index in [0.717, 1.165) is 0 Å². The number of aliphatic carboxylic acids is 1. The highest BCUT2D eigenvalue weighted by Gasteiger charge is 2.15. The molecule has 5 nitrogen and oxygen atoms in total. The number of rotatable bonds is 10. The van der Waals surface area contributed by atoms with Gasteiger partial charge < -0.3 is 15.2 Å². The van der Waals surface area contributed by atoms with Crippen molar-refractivity contribution < 1.29 is 28.2 Å². The van der Waals surface area contributed by atoms with Crippen molar-refractivity contribution >= 4 is 24.1 Å². The third kappa shape index (κ3) is 6.44. The largest absolute Gasteiger partial charge is 0.480 e. The van der Waals surface area contributed by atoms with E-state index in [4.69, 9.17) is 5.11 Å². The number of amides is 1. The van der Waals surface area contributed by atoms with Gasteiger partial charge in [0.1, 0.15) is 11.8 Å². The van der Waals surface area contributed by atoms with Crippen LogP contribution in [0.15, 0.2) is 24.3 Å². The number of hydrogen-bond acceptors (Lipinski definition) is 4. The maximum absolute atomic E-state index is 12.2. The smallest absolute Gasteiger partial charge is 0.387 e. The van der Waals surface area contributed by atoms with Gasteiger partial charge in [-0.15, -0.1) is 0 Å². The van der Waals surface area contributed by atoms with Crippen molar-refractivity contribution in [2.75, 3.05) is 5.75 Å². The zero-order chi connectivity index (χ0) is 15.7. The van der Waals surface area contributed by atoms with Crippen molar-refractivity contribution in [3.8, 4) is 5.75 Å². The van der Waals surface area contributed by atoms with Crippen LogP contribution >= 0.6 is 11.8 Å². The number of carbonyl (C=O) groups is 2. The Morgan fingerprint density at radius 2 is 2.14 bits per heavy atom. The first kappa shape index (κ1) is 17.2. The van der Waals surface area contributed by atoms with E-state index < -0.39 is 18.6 Å². The van der Waals surface area contributed by atoms with Crippen LogP contribution in [0.4, 0.5) is 8.78 Å². The van der Waals surface area contributed by atoms with Gasteiger partial charge in [-0.2, -0.15) is 20.5 Å². The molecule has 1 aromatic carbocycles. The van der Waals surface area contributed by atoms with Gasteiger partial charge in [0.2, 0.25) is 6.41 Å². The molecule has 8 heteroatoms. The molecule has 0 heterocycles. The molecule has 0 radical (unpaired) electrons. The van der Waals surface area contributed by atoms with Crippen LogP contribution in [-0.2, 0) is 15.3 Å². The van der Waals surface area contributed by atoms with Crippen LogP contribution in [0, 0.1) is 0 Å².